The highest BCUT2D eigenvalue weighted by Gasteiger charge is 2.16. The van der Waals surface area contributed by atoms with E-state index in [0.717, 1.165) is 11.1 Å². The molecule has 0 aromatic heterocycles. The van der Waals surface area contributed by atoms with E-state index >= 15 is 0 Å². The van der Waals surface area contributed by atoms with Gasteiger partial charge in [0.25, 0.3) is 10.0 Å². The summed E-state index contributed by atoms with van der Waals surface area (Å²) in [5.74, 6) is -0.0216. The summed E-state index contributed by atoms with van der Waals surface area (Å²) in [6, 6.07) is 8.87. The second-order valence-corrected chi connectivity index (χ2v) is 6.89. The molecule has 0 unspecified atom stereocenters. The number of anilines is 1. The maximum atomic E-state index is 12.4. The first-order valence-electron chi connectivity index (χ1n) is 6.84. The lowest BCUT2D eigenvalue weighted by atomic mass is 10.1. The predicted octanol–water partition coefficient (Wildman–Crippen LogP) is 4.01. The molecular formula is C16H17F2NO3S. The molecule has 0 radical (unpaired) electrons. The lowest BCUT2D eigenvalue weighted by molar-refractivity contribution is -0.0498. The van der Waals surface area contributed by atoms with Crippen molar-refractivity contribution < 1.29 is 21.9 Å². The molecule has 0 aliphatic rings. The number of sulfonamides is 1. The highest BCUT2D eigenvalue weighted by molar-refractivity contribution is 7.92. The zero-order valence-electron chi connectivity index (χ0n) is 12.9. The molecule has 0 saturated carbocycles. The Morgan fingerprint density at radius 2 is 1.65 bits per heavy atom. The average Bonchev–Trinajstić information content (AvgIpc) is 2.44. The van der Waals surface area contributed by atoms with Crippen molar-refractivity contribution in [1.82, 2.24) is 0 Å². The highest BCUT2D eigenvalue weighted by atomic mass is 32.2. The van der Waals surface area contributed by atoms with Gasteiger partial charge in [0.1, 0.15) is 5.75 Å². The smallest absolute Gasteiger partial charge is 0.387 e. The van der Waals surface area contributed by atoms with Crippen molar-refractivity contribution in [1.29, 1.82) is 0 Å². The fraction of sp³-hybridized carbons (Fsp3) is 0.250. The minimum Gasteiger partial charge on any atom is -0.435 e. The van der Waals surface area contributed by atoms with Gasteiger partial charge in [0.15, 0.2) is 0 Å². The summed E-state index contributed by atoms with van der Waals surface area (Å²) in [6.45, 7) is 2.41. The van der Waals surface area contributed by atoms with E-state index in [4.69, 9.17) is 0 Å². The molecule has 2 aromatic carbocycles. The molecule has 0 fully saturated rings. The molecule has 0 aliphatic heterocycles. The number of ether oxygens (including phenoxy) is 1. The van der Waals surface area contributed by atoms with Crippen LogP contribution in [0.15, 0.2) is 41.3 Å². The van der Waals surface area contributed by atoms with Crippen molar-refractivity contribution in [2.24, 2.45) is 0 Å². The molecule has 0 saturated heterocycles. The second kappa shape index (κ2) is 6.54. The maximum Gasteiger partial charge on any atom is 0.387 e. The first kappa shape index (κ1) is 17.2. The second-order valence-electron chi connectivity index (χ2n) is 5.21. The van der Waals surface area contributed by atoms with Gasteiger partial charge in [-0.2, -0.15) is 8.78 Å². The van der Waals surface area contributed by atoms with E-state index < -0.39 is 16.6 Å². The van der Waals surface area contributed by atoms with Gasteiger partial charge in [-0.1, -0.05) is 6.07 Å². The summed E-state index contributed by atoms with van der Waals surface area (Å²) in [4.78, 5) is 0.146. The van der Waals surface area contributed by atoms with Gasteiger partial charge >= 0.3 is 6.61 Å². The Balaban J connectivity index is 2.28. The molecule has 23 heavy (non-hydrogen) atoms. The summed E-state index contributed by atoms with van der Waals surface area (Å²) in [6.07, 6.45) is 0. The number of aryl methyl sites for hydroxylation is 3. The van der Waals surface area contributed by atoms with Crippen molar-refractivity contribution in [3.05, 3.63) is 53.1 Å². The van der Waals surface area contributed by atoms with E-state index in [-0.39, 0.29) is 10.6 Å². The number of benzene rings is 2. The first-order chi connectivity index (χ1) is 10.7. The number of halogens is 2. The number of hydrogen-bond acceptors (Lipinski definition) is 3. The Morgan fingerprint density at radius 3 is 2.22 bits per heavy atom. The molecule has 124 valence electrons. The van der Waals surface area contributed by atoms with Gasteiger partial charge in [-0.3, -0.25) is 4.72 Å². The van der Waals surface area contributed by atoms with E-state index in [1.165, 1.54) is 24.3 Å². The average molecular weight is 341 g/mol. The molecule has 0 atom stereocenters. The van der Waals surface area contributed by atoms with Crippen LogP contribution in [0.25, 0.3) is 0 Å². The van der Waals surface area contributed by atoms with E-state index in [1.807, 2.05) is 13.8 Å². The van der Waals surface area contributed by atoms with E-state index in [9.17, 15) is 17.2 Å². The van der Waals surface area contributed by atoms with Crippen LogP contribution in [0.5, 0.6) is 5.75 Å². The van der Waals surface area contributed by atoms with Gasteiger partial charge in [0.05, 0.1) is 10.6 Å². The van der Waals surface area contributed by atoms with Crippen LogP contribution in [0.4, 0.5) is 14.5 Å². The monoisotopic (exact) mass is 341 g/mol. The lowest BCUT2D eigenvalue weighted by Crippen LogP contribution is -2.14. The Morgan fingerprint density at radius 1 is 0.957 bits per heavy atom. The van der Waals surface area contributed by atoms with Gasteiger partial charge < -0.3 is 4.74 Å². The SMILES string of the molecule is Cc1ccc(S(=O)(=O)Nc2ccc(OC(F)F)cc2C)cc1C. The van der Waals surface area contributed by atoms with Crippen LogP contribution in [-0.4, -0.2) is 15.0 Å². The third-order valence-corrected chi connectivity index (χ3v) is 4.82. The van der Waals surface area contributed by atoms with Crippen molar-refractivity contribution in [2.75, 3.05) is 4.72 Å². The topological polar surface area (TPSA) is 55.4 Å². The van der Waals surface area contributed by atoms with Crippen LogP contribution < -0.4 is 9.46 Å². The Kier molecular flexibility index (Phi) is 4.89. The summed E-state index contributed by atoms with van der Waals surface area (Å²) >= 11 is 0. The van der Waals surface area contributed by atoms with E-state index in [2.05, 4.69) is 9.46 Å². The van der Waals surface area contributed by atoms with Gasteiger partial charge in [-0.25, -0.2) is 8.42 Å². The van der Waals surface area contributed by atoms with Crippen molar-refractivity contribution in [3.8, 4) is 5.75 Å². The standard InChI is InChI=1S/C16H17F2NO3S/c1-10-4-6-14(9-11(10)2)23(20,21)19-15-7-5-13(8-12(15)3)22-16(17)18/h4-9,16,19H,1-3H3. The van der Waals surface area contributed by atoms with Crippen molar-refractivity contribution in [2.45, 2.75) is 32.3 Å². The van der Waals surface area contributed by atoms with Crippen LogP contribution in [0, 0.1) is 20.8 Å². The zero-order chi connectivity index (χ0) is 17.2. The van der Waals surface area contributed by atoms with Crippen molar-refractivity contribution in [3.63, 3.8) is 0 Å². The predicted molar refractivity (Wildman–Crippen MR) is 84.5 cm³/mol. The summed E-state index contributed by atoms with van der Waals surface area (Å²) in [7, 11) is -3.75. The highest BCUT2D eigenvalue weighted by Crippen LogP contribution is 2.25. The van der Waals surface area contributed by atoms with E-state index in [1.54, 1.807) is 19.1 Å². The number of rotatable bonds is 5. The van der Waals surface area contributed by atoms with Crippen LogP contribution in [0.3, 0.4) is 0 Å². The number of hydrogen-bond donors (Lipinski definition) is 1. The molecule has 4 nitrogen and oxygen atoms in total. The van der Waals surface area contributed by atoms with Crippen LogP contribution >= 0.6 is 0 Å². The van der Waals surface area contributed by atoms with Crippen molar-refractivity contribution >= 4 is 15.7 Å². The lowest BCUT2D eigenvalue weighted by Gasteiger charge is -2.13. The number of nitrogens with one attached hydrogen (secondary N) is 1. The summed E-state index contributed by atoms with van der Waals surface area (Å²) in [5.41, 5.74) is 2.65. The zero-order valence-corrected chi connectivity index (χ0v) is 13.7. The minimum atomic E-state index is -3.75. The Labute approximate surface area is 134 Å². The van der Waals surface area contributed by atoms with Crippen LogP contribution in [-0.2, 0) is 10.0 Å². The van der Waals surface area contributed by atoms with Crippen LogP contribution in [0.1, 0.15) is 16.7 Å². The van der Waals surface area contributed by atoms with E-state index in [0.29, 0.717) is 11.3 Å². The fourth-order valence-corrected chi connectivity index (χ4v) is 3.23. The molecule has 0 heterocycles. The summed E-state index contributed by atoms with van der Waals surface area (Å²) < 4.78 is 55.9. The largest absolute Gasteiger partial charge is 0.435 e. The molecule has 0 spiro atoms. The quantitative estimate of drug-likeness (QED) is 0.894. The van der Waals surface area contributed by atoms with Gasteiger partial charge in [-0.05, 0) is 67.8 Å². The molecule has 0 bridgehead atoms. The molecule has 0 amide bonds. The molecule has 2 aromatic rings. The fourth-order valence-electron chi connectivity index (χ4n) is 2.01. The van der Waals surface area contributed by atoms with Gasteiger partial charge in [0.2, 0.25) is 0 Å². The molecule has 2 rings (SSSR count). The first-order valence-corrected chi connectivity index (χ1v) is 8.33. The maximum absolute atomic E-state index is 12.4. The normalized spacial score (nSPS) is 11.6. The Bertz CT molecular complexity index is 820. The summed E-state index contributed by atoms with van der Waals surface area (Å²) in [5, 5.41) is 0. The van der Waals surface area contributed by atoms with Gasteiger partial charge in [-0.15, -0.1) is 0 Å². The molecule has 7 heteroatoms. The number of alkyl halides is 2. The third kappa shape index (κ3) is 4.19. The molecule has 1 N–H and O–H groups in total. The van der Waals surface area contributed by atoms with Crippen LogP contribution in [0.2, 0.25) is 0 Å². The minimum absolute atomic E-state index is 0.0216. The molecular weight excluding hydrogens is 324 g/mol. The van der Waals surface area contributed by atoms with Gasteiger partial charge in [0, 0.05) is 0 Å². The molecule has 0 aliphatic carbocycles. The third-order valence-electron chi connectivity index (χ3n) is 3.46. The Hall–Kier alpha value is -2.15.